The minimum Gasteiger partial charge on any atom is -0.281 e. The van der Waals surface area contributed by atoms with Crippen molar-refractivity contribution in [2.24, 2.45) is 23.2 Å². The van der Waals surface area contributed by atoms with Crippen molar-refractivity contribution in [2.75, 3.05) is 12.4 Å². The van der Waals surface area contributed by atoms with Crippen LogP contribution in [0.2, 0.25) is 0 Å². The molecule has 158 valence electrons. The summed E-state index contributed by atoms with van der Waals surface area (Å²) in [4.78, 5) is 0. The molecule has 6 nitrogen and oxygen atoms in total. The smallest absolute Gasteiger partial charge is 0.281 e. The maximum atomic E-state index is 13.5. The van der Waals surface area contributed by atoms with Gasteiger partial charge in [-0.15, -0.1) is 0 Å². The highest BCUT2D eigenvalue weighted by atomic mass is 32.2. The van der Waals surface area contributed by atoms with Gasteiger partial charge in [0.05, 0.1) is 12.4 Å². The molecule has 0 aliphatic heterocycles. The van der Waals surface area contributed by atoms with E-state index in [0.29, 0.717) is 17.8 Å². The predicted octanol–water partition coefficient (Wildman–Crippen LogP) is 3.06. The third-order valence-electron chi connectivity index (χ3n) is 6.13. The van der Waals surface area contributed by atoms with E-state index in [9.17, 15) is 34.4 Å². The number of hydrogen-bond acceptors (Lipinski definition) is 5. The van der Waals surface area contributed by atoms with E-state index in [1.54, 1.807) is 0 Å². The fourth-order valence-electron chi connectivity index (χ4n) is 5.33. The normalized spacial score (nSPS) is 34.2. The topological polar surface area (TPSA) is 97.7 Å². The molecule has 0 amide bonds. The van der Waals surface area contributed by atoms with Crippen molar-refractivity contribution in [3.05, 3.63) is 0 Å². The molecule has 4 bridgehead atoms. The second-order valence-electron chi connectivity index (χ2n) is 8.39. The monoisotopic (exact) mass is 438 g/mol. The molecule has 4 saturated carbocycles. The first-order valence-electron chi connectivity index (χ1n) is 8.75. The molecule has 0 unspecified atom stereocenters. The maximum absolute atomic E-state index is 13.5. The molecule has 0 spiro atoms. The van der Waals surface area contributed by atoms with E-state index in [1.807, 2.05) is 0 Å². The van der Waals surface area contributed by atoms with E-state index < -0.39 is 43.6 Å². The van der Waals surface area contributed by atoms with Crippen molar-refractivity contribution in [3.63, 3.8) is 0 Å². The van der Waals surface area contributed by atoms with Crippen molar-refractivity contribution in [2.45, 2.75) is 56.1 Å². The lowest BCUT2D eigenvalue weighted by Gasteiger charge is -2.56. The van der Waals surface area contributed by atoms with Crippen molar-refractivity contribution < 1.29 is 43.1 Å². The molecule has 4 rings (SSSR count). The SMILES string of the molecule is O=S(=O)(CCC(F)(F)C(F)(F)S(=O)(=O)O)OCC12CC3CC(CC(C3)C1)C2. The lowest BCUT2D eigenvalue weighted by Crippen LogP contribution is -2.49. The Balaban J connectivity index is 1.60. The summed E-state index contributed by atoms with van der Waals surface area (Å²) >= 11 is 0. The van der Waals surface area contributed by atoms with Crippen LogP contribution in [0.4, 0.5) is 17.6 Å². The molecule has 0 aromatic carbocycles. The zero-order chi connectivity index (χ0) is 20.3. The van der Waals surface area contributed by atoms with Gasteiger partial charge in [-0.3, -0.25) is 8.74 Å². The quantitative estimate of drug-likeness (QED) is 0.355. The molecule has 0 saturated heterocycles. The largest absolute Gasteiger partial charge is 0.431 e. The Morgan fingerprint density at radius 1 is 0.926 bits per heavy atom. The summed E-state index contributed by atoms with van der Waals surface area (Å²) in [7, 11) is -10.9. The average Bonchev–Trinajstić information content (AvgIpc) is 2.49. The highest BCUT2D eigenvalue weighted by molar-refractivity contribution is 7.87. The van der Waals surface area contributed by atoms with Gasteiger partial charge in [-0.1, -0.05) is 0 Å². The highest BCUT2D eigenvalue weighted by Crippen LogP contribution is 2.60. The van der Waals surface area contributed by atoms with Gasteiger partial charge in [-0.2, -0.15) is 34.4 Å². The molecular weight excluding hydrogens is 416 g/mol. The third kappa shape index (κ3) is 4.13. The van der Waals surface area contributed by atoms with Crippen LogP contribution in [0.1, 0.15) is 44.9 Å². The van der Waals surface area contributed by atoms with Crippen molar-refractivity contribution in [1.29, 1.82) is 0 Å². The van der Waals surface area contributed by atoms with E-state index >= 15 is 0 Å². The zero-order valence-corrected chi connectivity index (χ0v) is 16.0. The van der Waals surface area contributed by atoms with Gasteiger partial charge in [0.2, 0.25) is 0 Å². The van der Waals surface area contributed by atoms with Crippen LogP contribution >= 0.6 is 0 Å². The molecule has 0 atom stereocenters. The average molecular weight is 438 g/mol. The van der Waals surface area contributed by atoms with Gasteiger partial charge in [-0.25, -0.2) is 0 Å². The van der Waals surface area contributed by atoms with Crippen LogP contribution in [0.3, 0.4) is 0 Å². The third-order valence-corrected chi connectivity index (χ3v) is 8.25. The maximum Gasteiger partial charge on any atom is 0.431 e. The molecule has 27 heavy (non-hydrogen) atoms. The van der Waals surface area contributed by atoms with Crippen LogP contribution in [0.5, 0.6) is 0 Å². The van der Waals surface area contributed by atoms with E-state index in [0.717, 1.165) is 38.5 Å². The minimum atomic E-state index is -6.39. The van der Waals surface area contributed by atoms with Gasteiger partial charge in [0.25, 0.3) is 10.1 Å². The van der Waals surface area contributed by atoms with Crippen molar-refractivity contribution in [3.8, 4) is 0 Å². The van der Waals surface area contributed by atoms with Crippen LogP contribution in [-0.2, 0) is 24.4 Å². The molecule has 0 heterocycles. The fraction of sp³-hybridized carbons (Fsp3) is 1.00. The highest BCUT2D eigenvalue weighted by Gasteiger charge is 2.65. The van der Waals surface area contributed by atoms with Crippen LogP contribution in [-0.4, -0.2) is 44.9 Å². The summed E-state index contributed by atoms with van der Waals surface area (Å²) in [6.07, 6.45) is 3.79. The van der Waals surface area contributed by atoms with Gasteiger partial charge in [0, 0.05) is 6.42 Å². The molecular formula is C15H22F4O6S2. The number of rotatable bonds is 8. The Hall–Kier alpha value is -0.460. The lowest BCUT2D eigenvalue weighted by molar-refractivity contribution is -0.161. The Bertz CT molecular complexity index is 758. The van der Waals surface area contributed by atoms with E-state index in [4.69, 9.17) is 8.74 Å². The van der Waals surface area contributed by atoms with Crippen LogP contribution in [0, 0.1) is 23.2 Å². The summed E-state index contributed by atoms with van der Waals surface area (Å²) in [5, 5.41) is -5.78. The molecule has 4 aliphatic carbocycles. The summed E-state index contributed by atoms with van der Waals surface area (Å²) < 4.78 is 111. The van der Waals surface area contributed by atoms with Gasteiger partial charge in [0.15, 0.2) is 0 Å². The Labute approximate surface area is 155 Å². The zero-order valence-electron chi connectivity index (χ0n) is 14.4. The Kier molecular flexibility index (Phi) is 5.14. The van der Waals surface area contributed by atoms with Gasteiger partial charge in [0.1, 0.15) is 0 Å². The van der Waals surface area contributed by atoms with Crippen LogP contribution in [0.15, 0.2) is 0 Å². The molecule has 0 radical (unpaired) electrons. The summed E-state index contributed by atoms with van der Waals surface area (Å²) in [5.74, 6) is -5.18. The summed E-state index contributed by atoms with van der Waals surface area (Å²) in [6, 6.07) is 0. The second-order valence-corrected chi connectivity index (χ2v) is 11.6. The van der Waals surface area contributed by atoms with Crippen molar-refractivity contribution in [1.82, 2.24) is 0 Å². The standard InChI is InChI=1S/C15H22F4O6S2/c16-14(17,15(18,19)27(22,23)24)1-2-26(20,21)25-9-13-6-10-3-11(7-13)5-12(4-10)8-13/h10-12H,1-9H2,(H,22,23,24). The van der Waals surface area contributed by atoms with Gasteiger partial charge < -0.3 is 0 Å². The second kappa shape index (κ2) is 6.53. The molecule has 4 aliphatic rings. The van der Waals surface area contributed by atoms with Gasteiger partial charge in [-0.05, 0) is 61.7 Å². The van der Waals surface area contributed by atoms with Gasteiger partial charge >= 0.3 is 21.3 Å². The van der Waals surface area contributed by atoms with Crippen molar-refractivity contribution >= 4 is 20.2 Å². The first-order chi connectivity index (χ1) is 12.1. The Morgan fingerprint density at radius 2 is 1.37 bits per heavy atom. The van der Waals surface area contributed by atoms with E-state index in [1.165, 1.54) is 0 Å². The molecule has 1 N–H and O–H groups in total. The first kappa shape index (κ1) is 21.3. The van der Waals surface area contributed by atoms with Crippen LogP contribution in [0.25, 0.3) is 0 Å². The molecule has 12 heteroatoms. The first-order valence-corrected chi connectivity index (χ1v) is 11.8. The lowest BCUT2D eigenvalue weighted by atomic mass is 9.50. The van der Waals surface area contributed by atoms with Crippen LogP contribution < -0.4 is 0 Å². The number of hydrogen-bond donors (Lipinski definition) is 1. The minimum absolute atomic E-state index is 0.168. The Morgan fingerprint density at radius 3 is 1.78 bits per heavy atom. The number of halogens is 4. The van der Waals surface area contributed by atoms with E-state index in [-0.39, 0.29) is 12.0 Å². The summed E-state index contributed by atoms with van der Waals surface area (Å²) in [5.41, 5.74) is -0.317. The molecule has 0 aromatic rings. The van der Waals surface area contributed by atoms with E-state index in [2.05, 4.69) is 0 Å². The molecule has 0 aromatic heterocycles. The molecule has 4 fully saturated rings. The summed E-state index contributed by atoms with van der Waals surface area (Å²) in [6.45, 7) is -0.168. The predicted molar refractivity (Wildman–Crippen MR) is 86.4 cm³/mol. The number of alkyl halides is 4. The fourth-order valence-corrected chi connectivity index (χ4v) is 6.86.